The molecule has 13 heteroatoms. The standard InChI is InChI=1S/C13H22N3O8PS/c1-7-5-16(13(18)15-11(7)14)12-10(22-4-3-21-2)9(17)8(24-12)6-23-25(19,20)26/h5,8-10,12,17H,3-4,6H2,1-2H3,(H2,14,15,18)(H2,19,20,26)/t8-,9-,10-,12-/m1/s1. The number of aliphatic hydroxyl groups is 1. The molecule has 5 N–H and O–H groups in total. The number of nitrogens with zero attached hydrogens (tertiary/aromatic N) is 2. The number of aliphatic hydroxyl groups excluding tert-OH is 1. The van der Waals surface area contributed by atoms with Crippen LogP contribution in [0.5, 0.6) is 0 Å². The summed E-state index contributed by atoms with van der Waals surface area (Å²) >= 11 is 4.38. The second-order valence-corrected chi connectivity index (χ2v) is 8.34. The van der Waals surface area contributed by atoms with Gasteiger partial charge in [-0.1, -0.05) is 0 Å². The monoisotopic (exact) mass is 411 g/mol. The number of hydrogen-bond acceptors (Lipinski definition) is 9. The highest BCUT2D eigenvalue weighted by Crippen LogP contribution is 2.39. The fourth-order valence-electron chi connectivity index (χ4n) is 2.46. The molecule has 2 heterocycles. The number of anilines is 1. The number of rotatable bonds is 8. The van der Waals surface area contributed by atoms with Crippen LogP contribution in [0.15, 0.2) is 11.0 Å². The molecule has 148 valence electrons. The maximum Gasteiger partial charge on any atom is 0.351 e. The van der Waals surface area contributed by atoms with Crippen molar-refractivity contribution in [2.75, 3.05) is 32.7 Å². The van der Waals surface area contributed by atoms with Crippen molar-refractivity contribution in [1.82, 2.24) is 9.55 Å². The van der Waals surface area contributed by atoms with Crippen LogP contribution in [0.25, 0.3) is 0 Å². The van der Waals surface area contributed by atoms with Gasteiger partial charge in [0.25, 0.3) is 0 Å². The van der Waals surface area contributed by atoms with Crippen molar-refractivity contribution < 1.29 is 33.6 Å². The predicted octanol–water partition coefficient (Wildman–Crippen LogP) is -1.35. The van der Waals surface area contributed by atoms with Crippen molar-refractivity contribution in [2.45, 2.75) is 31.5 Å². The summed E-state index contributed by atoms with van der Waals surface area (Å²) in [6, 6.07) is 0. The van der Waals surface area contributed by atoms with Crippen molar-refractivity contribution >= 4 is 24.3 Å². The Morgan fingerprint density at radius 2 is 2.15 bits per heavy atom. The molecule has 2 rings (SSSR count). The first kappa shape index (κ1) is 21.4. The maximum absolute atomic E-state index is 12.2. The van der Waals surface area contributed by atoms with Crippen LogP contribution < -0.4 is 11.4 Å². The van der Waals surface area contributed by atoms with Gasteiger partial charge in [0.2, 0.25) is 0 Å². The topological polar surface area (TPSA) is 159 Å². The first-order valence-corrected chi connectivity index (χ1v) is 10.3. The van der Waals surface area contributed by atoms with Crippen molar-refractivity contribution in [1.29, 1.82) is 0 Å². The van der Waals surface area contributed by atoms with E-state index in [9.17, 15) is 19.7 Å². The van der Waals surface area contributed by atoms with Crippen LogP contribution in [-0.4, -0.2) is 69.7 Å². The first-order chi connectivity index (χ1) is 12.1. The molecule has 1 aliphatic rings. The average Bonchev–Trinajstić information content (AvgIpc) is 2.85. The van der Waals surface area contributed by atoms with Gasteiger partial charge in [0, 0.05) is 18.9 Å². The molecule has 1 fully saturated rings. The molecular weight excluding hydrogens is 389 g/mol. The Morgan fingerprint density at radius 1 is 1.46 bits per heavy atom. The summed E-state index contributed by atoms with van der Waals surface area (Å²) in [5.74, 6) is 0.0859. The second kappa shape index (κ2) is 8.83. The fraction of sp³-hybridized carbons (Fsp3) is 0.692. The second-order valence-electron chi connectivity index (χ2n) is 5.67. The molecule has 4 atom stereocenters. The molecule has 1 saturated heterocycles. The van der Waals surface area contributed by atoms with Gasteiger partial charge >= 0.3 is 12.4 Å². The number of hydrogen-bond donors (Lipinski definition) is 4. The molecule has 26 heavy (non-hydrogen) atoms. The lowest BCUT2D eigenvalue weighted by Gasteiger charge is -2.22. The Bertz CT molecular complexity index is 726. The third-order valence-corrected chi connectivity index (χ3v) is 4.57. The molecule has 1 aliphatic heterocycles. The van der Waals surface area contributed by atoms with Gasteiger partial charge in [-0.15, -0.1) is 0 Å². The molecule has 0 radical (unpaired) electrons. The molecule has 0 bridgehead atoms. The summed E-state index contributed by atoms with van der Waals surface area (Å²) < 4.78 is 22.1. The van der Waals surface area contributed by atoms with Gasteiger partial charge < -0.3 is 39.4 Å². The van der Waals surface area contributed by atoms with Crippen LogP contribution in [0, 0.1) is 6.92 Å². The zero-order valence-corrected chi connectivity index (χ0v) is 15.9. The molecule has 1 aromatic rings. The summed E-state index contributed by atoms with van der Waals surface area (Å²) in [4.78, 5) is 34.3. The lowest BCUT2D eigenvalue weighted by molar-refractivity contribution is -0.0814. The number of aromatic nitrogens is 2. The van der Waals surface area contributed by atoms with E-state index in [-0.39, 0.29) is 25.6 Å². The fourth-order valence-corrected chi connectivity index (χ4v) is 2.98. The molecule has 0 unspecified atom stereocenters. The normalized spacial score (nSPS) is 26.3. The van der Waals surface area contributed by atoms with E-state index in [1.165, 1.54) is 13.3 Å². The quantitative estimate of drug-likeness (QED) is 0.296. The zero-order valence-electron chi connectivity index (χ0n) is 14.2. The Balaban J connectivity index is 2.27. The van der Waals surface area contributed by atoms with E-state index in [0.717, 1.165) is 4.57 Å². The van der Waals surface area contributed by atoms with Gasteiger partial charge in [-0.25, -0.2) is 4.79 Å². The van der Waals surface area contributed by atoms with E-state index in [0.29, 0.717) is 5.56 Å². The van der Waals surface area contributed by atoms with E-state index in [2.05, 4.69) is 16.8 Å². The van der Waals surface area contributed by atoms with E-state index in [1.54, 1.807) is 6.92 Å². The third-order valence-electron chi connectivity index (χ3n) is 3.77. The van der Waals surface area contributed by atoms with Gasteiger partial charge in [-0.2, -0.15) is 4.98 Å². The Kier molecular flexibility index (Phi) is 7.25. The number of methoxy groups -OCH3 is 1. The van der Waals surface area contributed by atoms with E-state index in [4.69, 9.17) is 24.5 Å². The highest BCUT2D eigenvalue weighted by atomic mass is 32.5. The number of ether oxygens (including phenoxy) is 3. The Labute approximate surface area is 154 Å². The van der Waals surface area contributed by atoms with Gasteiger partial charge in [0.1, 0.15) is 24.1 Å². The Morgan fingerprint density at radius 3 is 2.77 bits per heavy atom. The smallest absolute Gasteiger partial charge is 0.351 e. The van der Waals surface area contributed by atoms with Gasteiger partial charge in [0.05, 0.1) is 19.8 Å². The minimum atomic E-state index is -3.92. The minimum Gasteiger partial charge on any atom is -0.387 e. The largest absolute Gasteiger partial charge is 0.387 e. The number of aryl methyl sites for hydroxylation is 1. The first-order valence-electron chi connectivity index (χ1n) is 7.63. The van der Waals surface area contributed by atoms with Gasteiger partial charge in [-0.3, -0.25) is 4.57 Å². The number of nitrogens with two attached hydrogens (primary N) is 1. The summed E-state index contributed by atoms with van der Waals surface area (Å²) in [5.41, 5.74) is 5.49. The average molecular weight is 411 g/mol. The third kappa shape index (κ3) is 5.28. The van der Waals surface area contributed by atoms with Crippen LogP contribution >= 0.6 is 6.72 Å². The highest BCUT2D eigenvalue weighted by Gasteiger charge is 2.46. The van der Waals surface area contributed by atoms with Crippen LogP contribution in [-0.2, 0) is 30.5 Å². The molecule has 11 nitrogen and oxygen atoms in total. The van der Waals surface area contributed by atoms with Crippen LogP contribution in [0.4, 0.5) is 5.82 Å². The predicted molar refractivity (Wildman–Crippen MR) is 93.9 cm³/mol. The zero-order chi connectivity index (χ0) is 19.5. The lowest BCUT2D eigenvalue weighted by Crippen LogP contribution is -2.39. The summed E-state index contributed by atoms with van der Waals surface area (Å²) in [6.07, 6.45) is -2.75. The molecule has 1 aromatic heterocycles. The summed E-state index contributed by atoms with van der Waals surface area (Å²) in [6.45, 7) is -2.24. The van der Waals surface area contributed by atoms with Gasteiger partial charge in [-0.05, 0) is 18.7 Å². The Hall–Kier alpha value is -0.950. The molecule has 0 spiro atoms. The lowest BCUT2D eigenvalue weighted by atomic mass is 10.1. The van der Waals surface area contributed by atoms with Crippen molar-refractivity contribution in [3.8, 4) is 0 Å². The van der Waals surface area contributed by atoms with Crippen LogP contribution in [0.1, 0.15) is 11.8 Å². The van der Waals surface area contributed by atoms with E-state index in [1.807, 2.05) is 0 Å². The van der Waals surface area contributed by atoms with Gasteiger partial charge in [0.15, 0.2) is 6.23 Å². The van der Waals surface area contributed by atoms with E-state index >= 15 is 0 Å². The van der Waals surface area contributed by atoms with Crippen LogP contribution in [0.2, 0.25) is 0 Å². The highest BCUT2D eigenvalue weighted by molar-refractivity contribution is 8.06. The van der Waals surface area contributed by atoms with E-state index < -0.39 is 36.9 Å². The summed E-state index contributed by atoms with van der Waals surface area (Å²) in [7, 11) is 1.49. The van der Waals surface area contributed by atoms with Crippen molar-refractivity contribution in [2.24, 2.45) is 0 Å². The molecule has 0 aromatic carbocycles. The molecular formula is C13H22N3O8PS. The van der Waals surface area contributed by atoms with Crippen LogP contribution in [0.3, 0.4) is 0 Å². The molecule has 0 amide bonds. The molecule has 0 saturated carbocycles. The maximum atomic E-state index is 12.2. The van der Waals surface area contributed by atoms with Crippen molar-refractivity contribution in [3.63, 3.8) is 0 Å². The SMILES string of the molecule is COCCO[C@@H]1[C@H](O)[C@@H](COP(O)(O)=S)O[C@H]1n1cc(C)c(N)nc1=O. The minimum absolute atomic E-state index is 0.0859. The van der Waals surface area contributed by atoms with Crippen molar-refractivity contribution in [3.05, 3.63) is 22.2 Å². The summed E-state index contributed by atoms with van der Waals surface area (Å²) in [5, 5.41) is 10.5. The number of nitrogen functional groups attached to an aromatic ring is 1. The molecule has 0 aliphatic carbocycles.